The summed E-state index contributed by atoms with van der Waals surface area (Å²) in [7, 11) is 0. The molecular weight excluding hydrogens is 472 g/mol. The molecule has 0 spiro atoms. The molecule has 0 radical (unpaired) electrons. The number of rotatable bonds is 5. The van der Waals surface area contributed by atoms with Crippen molar-refractivity contribution in [3.05, 3.63) is 106 Å². The predicted molar refractivity (Wildman–Crippen MR) is 128 cm³/mol. The maximum atomic E-state index is 13.3. The molecular formula is C24H18N4O6S. The summed E-state index contributed by atoms with van der Waals surface area (Å²) >= 11 is 1.43. The Kier molecular flexibility index (Phi) is 6.78. The molecule has 1 aliphatic rings. The summed E-state index contributed by atoms with van der Waals surface area (Å²) in [6.45, 7) is -0.0331. The fourth-order valence-corrected chi connectivity index (χ4v) is 4.70. The van der Waals surface area contributed by atoms with E-state index in [1.807, 2.05) is 42.5 Å². The molecule has 0 bridgehead atoms. The third-order valence-corrected chi connectivity index (χ3v) is 6.33. The first-order valence-electron chi connectivity index (χ1n) is 10.3. The molecule has 0 saturated carbocycles. The van der Waals surface area contributed by atoms with Crippen molar-refractivity contribution in [2.24, 2.45) is 0 Å². The number of pyridine rings is 1. The van der Waals surface area contributed by atoms with Crippen LogP contribution in [-0.2, 0) is 4.79 Å². The number of nitrogens with zero attached hydrogens (tertiary/aromatic N) is 3. The molecule has 1 aliphatic heterocycles. The normalized spacial score (nSPS) is 13.1. The lowest BCUT2D eigenvalue weighted by molar-refractivity contribution is -0.742. The number of thiophene rings is 1. The molecule has 10 nitrogen and oxygen atoms in total. The molecule has 1 unspecified atom stereocenters. The van der Waals surface area contributed by atoms with Crippen LogP contribution >= 0.6 is 11.3 Å². The van der Waals surface area contributed by atoms with E-state index in [0.717, 1.165) is 20.5 Å². The van der Waals surface area contributed by atoms with E-state index < -0.39 is 11.0 Å². The van der Waals surface area contributed by atoms with E-state index in [0.29, 0.717) is 16.1 Å². The van der Waals surface area contributed by atoms with Gasteiger partial charge in [0.1, 0.15) is 0 Å². The van der Waals surface area contributed by atoms with Crippen molar-refractivity contribution < 1.29 is 24.7 Å². The van der Waals surface area contributed by atoms with Gasteiger partial charge in [0.05, 0.1) is 26.7 Å². The Morgan fingerprint density at radius 1 is 1.06 bits per heavy atom. The van der Waals surface area contributed by atoms with Gasteiger partial charge in [0, 0.05) is 18.9 Å². The van der Waals surface area contributed by atoms with Crippen LogP contribution in [0.15, 0.2) is 79.1 Å². The van der Waals surface area contributed by atoms with E-state index in [9.17, 15) is 14.4 Å². The first kappa shape index (κ1) is 23.5. The molecule has 4 aromatic rings. The standard InChI is InChI=1S/C24H17N3O3S.HNO3/c28-22(26-21-12-16-10-11-25-13-20(16)31-21)19(15-6-2-1-3-7-15)14-27-23(29)17-8-4-5-9-18(17)24(27)30;2-1(3)4/h1-13,19H,14H2,(H,26,28);(H,2,3,4). The Labute approximate surface area is 202 Å². The average Bonchev–Trinajstić information content (AvgIpc) is 3.36. The van der Waals surface area contributed by atoms with E-state index in [1.54, 1.807) is 36.7 Å². The molecule has 3 amide bonds. The number of anilines is 1. The second kappa shape index (κ2) is 10.1. The summed E-state index contributed by atoms with van der Waals surface area (Å²) in [5.41, 5.74) is 1.48. The smallest absolute Gasteiger partial charge is 0.291 e. The average molecular weight is 490 g/mol. The fourth-order valence-electron chi connectivity index (χ4n) is 3.77. The van der Waals surface area contributed by atoms with Crippen molar-refractivity contribution in [1.82, 2.24) is 9.88 Å². The number of carbonyl (C=O) groups excluding carboxylic acids is 3. The Morgan fingerprint density at radius 2 is 1.66 bits per heavy atom. The highest BCUT2D eigenvalue weighted by Gasteiger charge is 2.38. The zero-order chi connectivity index (χ0) is 24.9. The van der Waals surface area contributed by atoms with Crippen molar-refractivity contribution in [3.8, 4) is 0 Å². The van der Waals surface area contributed by atoms with Crippen molar-refractivity contribution in [3.63, 3.8) is 0 Å². The number of amides is 3. The topological polar surface area (TPSA) is 143 Å². The highest BCUT2D eigenvalue weighted by Crippen LogP contribution is 2.31. The van der Waals surface area contributed by atoms with E-state index in [1.165, 1.54) is 11.3 Å². The van der Waals surface area contributed by atoms with Crippen LogP contribution in [-0.4, -0.2) is 44.4 Å². The van der Waals surface area contributed by atoms with Crippen LogP contribution in [0.5, 0.6) is 0 Å². The minimum atomic E-state index is -1.50. The van der Waals surface area contributed by atoms with Gasteiger partial charge in [-0.1, -0.05) is 42.5 Å². The predicted octanol–water partition coefficient (Wildman–Crippen LogP) is 3.97. The van der Waals surface area contributed by atoms with Crippen molar-refractivity contribution in [1.29, 1.82) is 0 Å². The van der Waals surface area contributed by atoms with Crippen molar-refractivity contribution in [2.45, 2.75) is 5.92 Å². The zero-order valence-corrected chi connectivity index (χ0v) is 18.8. The molecule has 11 heteroatoms. The number of benzene rings is 2. The minimum absolute atomic E-state index is 0.0331. The van der Waals surface area contributed by atoms with Gasteiger partial charge in [-0.3, -0.25) is 24.3 Å². The second-order valence-electron chi connectivity index (χ2n) is 7.48. The maximum absolute atomic E-state index is 13.3. The monoisotopic (exact) mass is 490 g/mol. The zero-order valence-electron chi connectivity index (χ0n) is 18.0. The number of aromatic nitrogens is 1. The first-order valence-corrected chi connectivity index (χ1v) is 11.1. The Balaban J connectivity index is 0.000000672. The molecule has 5 rings (SSSR count). The van der Waals surface area contributed by atoms with Gasteiger partial charge in [0.2, 0.25) is 5.91 Å². The number of carbonyl (C=O) groups is 3. The second-order valence-corrected chi connectivity index (χ2v) is 8.56. The Hall–Kier alpha value is -4.64. The van der Waals surface area contributed by atoms with Gasteiger partial charge in [0.15, 0.2) is 0 Å². The Morgan fingerprint density at radius 3 is 2.26 bits per heavy atom. The molecule has 0 fully saturated rings. The van der Waals surface area contributed by atoms with E-state index >= 15 is 0 Å². The molecule has 176 valence electrons. The lowest BCUT2D eigenvalue weighted by Gasteiger charge is -2.22. The summed E-state index contributed by atoms with van der Waals surface area (Å²) in [5, 5.41) is 18.3. The summed E-state index contributed by atoms with van der Waals surface area (Å²) in [6, 6.07) is 19.7. The van der Waals surface area contributed by atoms with Crippen molar-refractivity contribution >= 4 is 44.1 Å². The van der Waals surface area contributed by atoms with E-state index in [2.05, 4.69) is 10.3 Å². The molecule has 35 heavy (non-hydrogen) atoms. The van der Waals surface area contributed by atoms with Crippen molar-refractivity contribution in [2.75, 3.05) is 11.9 Å². The largest absolute Gasteiger partial charge is 0.328 e. The van der Waals surface area contributed by atoms with Crippen LogP contribution in [0.3, 0.4) is 0 Å². The quantitative estimate of drug-likeness (QED) is 0.245. The highest BCUT2D eigenvalue weighted by atomic mass is 32.1. The van der Waals surface area contributed by atoms with E-state index in [-0.39, 0.29) is 24.3 Å². The van der Waals surface area contributed by atoms with Gasteiger partial charge >= 0.3 is 0 Å². The molecule has 0 aliphatic carbocycles. The van der Waals surface area contributed by atoms with Crippen LogP contribution in [0.4, 0.5) is 5.00 Å². The van der Waals surface area contributed by atoms with Gasteiger partial charge in [-0.2, -0.15) is 0 Å². The number of imide groups is 1. The van der Waals surface area contributed by atoms with Crippen LogP contribution in [0.25, 0.3) is 10.1 Å². The molecule has 2 aromatic heterocycles. The fraction of sp³-hybridized carbons (Fsp3) is 0.0833. The highest BCUT2D eigenvalue weighted by molar-refractivity contribution is 7.22. The van der Waals surface area contributed by atoms with Crippen LogP contribution < -0.4 is 5.32 Å². The number of hydrogen-bond acceptors (Lipinski definition) is 7. The number of fused-ring (bicyclic) bond motifs is 2. The van der Waals surface area contributed by atoms with Gasteiger partial charge in [0.25, 0.3) is 16.9 Å². The maximum Gasteiger partial charge on any atom is 0.291 e. The molecule has 3 heterocycles. The third-order valence-electron chi connectivity index (χ3n) is 5.33. The first-order chi connectivity index (χ1) is 16.8. The molecule has 0 saturated heterocycles. The van der Waals surface area contributed by atoms with Crippen LogP contribution in [0.1, 0.15) is 32.2 Å². The SMILES string of the molecule is O=C(Nc1cc2ccncc2s1)C(CN1C(=O)c2ccccc2C1=O)c1ccccc1.O=[N+]([O-])O. The summed E-state index contributed by atoms with van der Waals surface area (Å²) < 4.78 is 0.967. The Bertz CT molecular complexity index is 1350. The number of hydrogen-bond donors (Lipinski definition) is 2. The lowest BCUT2D eigenvalue weighted by atomic mass is 9.97. The van der Waals surface area contributed by atoms with E-state index in [4.69, 9.17) is 15.3 Å². The minimum Gasteiger partial charge on any atom is -0.328 e. The number of nitrogens with one attached hydrogen (secondary N) is 1. The molecule has 1 atom stereocenters. The third kappa shape index (κ3) is 5.14. The van der Waals surface area contributed by atoms with Gasteiger partial charge in [-0.15, -0.1) is 21.5 Å². The summed E-state index contributed by atoms with van der Waals surface area (Å²) in [4.78, 5) is 52.6. The van der Waals surface area contributed by atoms with Gasteiger partial charge in [-0.25, -0.2) is 0 Å². The molecule has 2 aromatic carbocycles. The lowest BCUT2D eigenvalue weighted by Crippen LogP contribution is -2.38. The molecule has 2 N–H and O–H groups in total. The van der Waals surface area contributed by atoms with Gasteiger partial charge in [-0.05, 0) is 35.2 Å². The summed E-state index contributed by atoms with van der Waals surface area (Å²) in [6.07, 6.45) is 3.46. The van der Waals surface area contributed by atoms with Gasteiger partial charge < -0.3 is 10.5 Å². The van der Waals surface area contributed by atoms with Crippen LogP contribution in [0, 0.1) is 10.1 Å². The van der Waals surface area contributed by atoms with Crippen LogP contribution in [0.2, 0.25) is 0 Å². The summed E-state index contributed by atoms with van der Waals surface area (Å²) in [5.74, 6) is -1.72.